The maximum absolute atomic E-state index is 12.0. The zero-order chi connectivity index (χ0) is 17.4. The second-order valence-electron chi connectivity index (χ2n) is 5.83. The largest absolute Gasteiger partial charge is 0.481 e. The molecule has 0 saturated heterocycles. The lowest BCUT2D eigenvalue weighted by atomic mass is 9.74. The average Bonchev–Trinajstić information content (AvgIpc) is 2.79. The van der Waals surface area contributed by atoms with Crippen molar-refractivity contribution in [3.63, 3.8) is 0 Å². The van der Waals surface area contributed by atoms with Crippen molar-refractivity contribution in [3.8, 4) is 0 Å². The number of carboxylic acid groups (broad SMARTS) is 2. The van der Waals surface area contributed by atoms with Crippen LogP contribution in [-0.2, 0) is 26.3 Å². The summed E-state index contributed by atoms with van der Waals surface area (Å²) in [6, 6.07) is 5.45. The highest BCUT2D eigenvalue weighted by atomic mass is 16.4. The maximum Gasteiger partial charge on any atom is 0.320 e. The van der Waals surface area contributed by atoms with Gasteiger partial charge in [0, 0.05) is 5.92 Å². The third kappa shape index (κ3) is 2.78. The van der Waals surface area contributed by atoms with Crippen molar-refractivity contribution < 1.29 is 24.6 Å². The lowest BCUT2D eigenvalue weighted by Gasteiger charge is -2.33. The van der Waals surface area contributed by atoms with E-state index < -0.39 is 41.3 Å². The van der Waals surface area contributed by atoms with Crippen LogP contribution in [0.2, 0.25) is 0 Å². The smallest absolute Gasteiger partial charge is 0.320 e. The molecule has 0 aromatic heterocycles. The first-order valence-electron chi connectivity index (χ1n) is 7.08. The molecule has 0 fully saturated rings. The van der Waals surface area contributed by atoms with Gasteiger partial charge in [0.25, 0.3) is 0 Å². The van der Waals surface area contributed by atoms with Gasteiger partial charge in [-0.25, -0.2) is 0 Å². The van der Waals surface area contributed by atoms with Crippen molar-refractivity contribution in [2.45, 2.75) is 24.4 Å². The summed E-state index contributed by atoms with van der Waals surface area (Å²) in [5.74, 6) is -5.47. The molecule has 1 aromatic carbocycles. The van der Waals surface area contributed by atoms with Gasteiger partial charge >= 0.3 is 11.9 Å². The zero-order valence-electron chi connectivity index (χ0n) is 12.3. The van der Waals surface area contributed by atoms with Gasteiger partial charge in [-0.15, -0.1) is 0 Å². The van der Waals surface area contributed by atoms with Crippen molar-refractivity contribution in [3.05, 3.63) is 35.4 Å². The van der Waals surface area contributed by atoms with Gasteiger partial charge in [0.2, 0.25) is 5.91 Å². The molecule has 124 valence electrons. The molecule has 0 saturated carbocycles. The van der Waals surface area contributed by atoms with Crippen LogP contribution in [0.5, 0.6) is 0 Å². The number of carboxylic acids is 2. The number of carbonyl (C=O) groups is 3. The van der Waals surface area contributed by atoms with E-state index in [4.69, 9.17) is 22.3 Å². The fourth-order valence-electron chi connectivity index (χ4n) is 3.29. The van der Waals surface area contributed by atoms with Crippen molar-refractivity contribution >= 4 is 17.8 Å². The molecule has 1 amide bonds. The maximum atomic E-state index is 12.0. The molecular formula is C15H19N3O5. The molecule has 8 N–H and O–H groups in total. The van der Waals surface area contributed by atoms with Gasteiger partial charge in [-0.2, -0.15) is 0 Å². The van der Waals surface area contributed by atoms with E-state index in [9.17, 15) is 19.5 Å². The van der Waals surface area contributed by atoms with Gasteiger partial charge in [-0.3, -0.25) is 14.4 Å². The van der Waals surface area contributed by atoms with Crippen molar-refractivity contribution in [2.24, 2.45) is 29.0 Å². The summed E-state index contributed by atoms with van der Waals surface area (Å²) >= 11 is 0. The summed E-state index contributed by atoms with van der Waals surface area (Å²) < 4.78 is 0. The number of amides is 1. The minimum Gasteiger partial charge on any atom is -0.481 e. The van der Waals surface area contributed by atoms with Gasteiger partial charge in [-0.1, -0.05) is 24.3 Å². The summed E-state index contributed by atoms with van der Waals surface area (Å²) in [4.78, 5) is 34.6. The lowest BCUT2D eigenvalue weighted by Crippen LogP contribution is -2.56. The van der Waals surface area contributed by atoms with E-state index in [1.807, 2.05) is 0 Å². The SMILES string of the molecule is NC(=O)C1(N)c2ccccc2CC1C(C[C@H](N)C(=O)O)C(=O)O. The van der Waals surface area contributed by atoms with Crippen LogP contribution in [0.1, 0.15) is 17.5 Å². The quantitative estimate of drug-likeness (QED) is 0.447. The first-order chi connectivity index (χ1) is 10.7. The molecule has 4 atom stereocenters. The molecule has 0 spiro atoms. The summed E-state index contributed by atoms with van der Waals surface area (Å²) in [6.45, 7) is 0. The van der Waals surface area contributed by atoms with Crippen LogP contribution in [0.25, 0.3) is 0 Å². The molecule has 0 heterocycles. The van der Waals surface area contributed by atoms with Crippen LogP contribution >= 0.6 is 0 Å². The monoisotopic (exact) mass is 321 g/mol. The Balaban J connectivity index is 2.45. The number of carbonyl (C=O) groups excluding carboxylic acids is 1. The molecule has 3 unspecified atom stereocenters. The molecular weight excluding hydrogens is 302 g/mol. The summed E-state index contributed by atoms with van der Waals surface area (Å²) in [6.07, 6.45) is -0.117. The van der Waals surface area contributed by atoms with Crippen LogP contribution < -0.4 is 17.2 Å². The number of hydrogen-bond donors (Lipinski definition) is 5. The summed E-state index contributed by atoms with van der Waals surface area (Å²) in [7, 11) is 0. The Labute approximate surface area is 132 Å². The Kier molecular flexibility index (Phi) is 4.39. The second kappa shape index (κ2) is 5.98. The number of rotatable bonds is 6. The number of benzene rings is 1. The van der Waals surface area contributed by atoms with Crippen molar-refractivity contribution in [1.29, 1.82) is 0 Å². The highest BCUT2D eigenvalue weighted by molar-refractivity contribution is 5.89. The van der Waals surface area contributed by atoms with Crippen LogP contribution in [0, 0.1) is 11.8 Å². The minimum atomic E-state index is -1.67. The fraction of sp³-hybridized carbons (Fsp3) is 0.400. The third-order valence-electron chi connectivity index (χ3n) is 4.52. The van der Waals surface area contributed by atoms with E-state index in [1.165, 1.54) is 0 Å². The number of primary amides is 1. The number of aliphatic carboxylic acids is 2. The summed E-state index contributed by atoms with van der Waals surface area (Å²) in [5, 5.41) is 18.4. The highest BCUT2D eigenvalue weighted by Crippen LogP contribution is 2.44. The van der Waals surface area contributed by atoms with Gasteiger partial charge < -0.3 is 27.4 Å². The predicted octanol–water partition coefficient (Wildman–Crippen LogP) is -0.999. The number of hydrogen-bond acceptors (Lipinski definition) is 5. The molecule has 1 aromatic rings. The van der Waals surface area contributed by atoms with Gasteiger partial charge in [0.05, 0.1) is 5.92 Å². The Bertz CT molecular complexity index is 662. The van der Waals surface area contributed by atoms with Crippen LogP contribution in [0.15, 0.2) is 24.3 Å². The normalized spacial score (nSPS) is 25.4. The Hall–Kier alpha value is -2.45. The van der Waals surface area contributed by atoms with Crippen molar-refractivity contribution in [1.82, 2.24) is 0 Å². The molecule has 0 aliphatic heterocycles. The standard InChI is InChI=1S/C15H19N3O5/c16-11(13(21)22)6-8(12(19)20)10-5-7-3-1-2-4-9(7)15(10,18)14(17)23/h1-4,8,10-11H,5-6,16,18H2,(H2,17,23)(H,19,20)(H,21,22)/t8?,10?,11-,15?/m0/s1. The average molecular weight is 321 g/mol. The Morgan fingerprint density at radius 2 is 1.83 bits per heavy atom. The molecule has 2 rings (SSSR count). The Morgan fingerprint density at radius 3 is 2.35 bits per heavy atom. The van der Waals surface area contributed by atoms with E-state index >= 15 is 0 Å². The molecule has 23 heavy (non-hydrogen) atoms. The molecule has 1 aliphatic rings. The third-order valence-corrected chi connectivity index (χ3v) is 4.52. The van der Waals surface area contributed by atoms with E-state index in [1.54, 1.807) is 24.3 Å². The molecule has 0 radical (unpaired) electrons. The molecule has 0 bridgehead atoms. The summed E-state index contributed by atoms with van der Waals surface area (Å²) in [5.41, 5.74) is 16.7. The van der Waals surface area contributed by atoms with E-state index in [0.29, 0.717) is 5.56 Å². The van der Waals surface area contributed by atoms with Gasteiger partial charge in [0.1, 0.15) is 11.6 Å². The molecule has 1 aliphatic carbocycles. The van der Waals surface area contributed by atoms with E-state index in [-0.39, 0.29) is 12.8 Å². The second-order valence-corrected chi connectivity index (χ2v) is 5.83. The topological polar surface area (TPSA) is 170 Å². The van der Waals surface area contributed by atoms with Crippen LogP contribution in [-0.4, -0.2) is 34.1 Å². The lowest BCUT2D eigenvalue weighted by molar-refractivity contribution is -0.147. The first kappa shape index (κ1) is 16.9. The number of nitrogens with two attached hydrogens (primary N) is 3. The van der Waals surface area contributed by atoms with Gasteiger partial charge in [-0.05, 0) is 24.0 Å². The highest BCUT2D eigenvalue weighted by Gasteiger charge is 2.53. The molecule has 8 heteroatoms. The van der Waals surface area contributed by atoms with Gasteiger partial charge in [0.15, 0.2) is 0 Å². The molecule has 8 nitrogen and oxygen atoms in total. The number of fused-ring (bicyclic) bond motifs is 1. The Morgan fingerprint density at radius 1 is 1.22 bits per heavy atom. The van der Waals surface area contributed by atoms with Crippen LogP contribution in [0.4, 0.5) is 0 Å². The van der Waals surface area contributed by atoms with E-state index in [2.05, 4.69) is 0 Å². The van der Waals surface area contributed by atoms with Crippen LogP contribution in [0.3, 0.4) is 0 Å². The zero-order valence-corrected chi connectivity index (χ0v) is 12.3. The predicted molar refractivity (Wildman–Crippen MR) is 80.0 cm³/mol. The fourth-order valence-corrected chi connectivity index (χ4v) is 3.29. The van der Waals surface area contributed by atoms with Crippen molar-refractivity contribution in [2.75, 3.05) is 0 Å². The first-order valence-corrected chi connectivity index (χ1v) is 7.08. The minimum absolute atomic E-state index is 0.221. The van der Waals surface area contributed by atoms with E-state index in [0.717, 1.165) is 5.56 Å².